The zero-order valence-corrected chi connectivity index (χ0v) is 16.3. The number of carboxylic acids is 1. The fourth-order valence-electron chi connectivity index (χ4n) is 5.27. The van der Waals surface area contributed by atoms with Crippen LogP contribution in [0.15, 0.2) is 42.5 Å². The third-order valence-electron chi connectivity index (χ3n) is 7.00. The number of benzene rings is 2. The summed E-state index contributed by atoms with van der Waals surface area (Å²) >= 11 is 0. The number of aryl methyl sites for hydroxylation is 1. The maximum Gasteiger partial charge on any atom is 0.307 e. The lowest BCUT2D eigenvalue weighted by molar-refractivity contribution is -0.147. The van der Waals surface area contributed by atoms with Crippen LogP contribution in [0, 0.1) is 29.0 Å². The molecule has 0 amide bonds. The molecule has 1 spiro atoms. The lowest BCUT2D eigenvalue weighted by atomic mass is 9.81. The predicted molar refractivity (Wildman–Crippen MR) is 109 cm³/mol. The Hall–Kier alpha value is -2.64. The molecule has 1 heterocycles. The van der Waals surface area contributed by atoms with E-state index in [1.807, 2.05) is 6.07 Å². The number of rotatable bonds is 2. The van der Waals surface area contributed by atoms with Crippen LogP contribution in [-0.4, -0.2) is 29.1 Å². The Balaban J connectivity index is 1.34. The van der Waals surface area contributed by atoms with Crippen molar-refractivity contribution in [3.63, 3.8) is 0 Å². The minimum Gasteiger partial charge on any atom is -0.481 e. The van der Waals surface area contributed by atoms with Gasteiger partial charge < -0.3 is 5.11 Å². The van der Waals surface area contributed by atoms with Gasteiger partial charge in [-0.25, -0.2) is 4.39 Å². The number of carbonyl (C=O) groups is 1. The Morgan fingerprint density at radius 2 is 1.97 bits per heavy atom. The van der Waals surface area contributed by atoms with Gasteiger partial charge in [-0.2, -0.15) is 0 Å². The van der Waals surface area contributed by atoms with Crippen LogP contribution in [-0.2, 0) is 11.2 Å². The van der Waals surface area contributed by atoms with E-state index in [4.69, 9.17) is 0 Å². The third-order valence-corrected chi connectivity index (χ3v) is 7.00. The first-order valence-corrected chi connectivity index (χ1v) is 10.4. The van der Waals surface area contributed by atoms with Crippen LogP contribution in [0.25, 0.3) is 0 Å². The molecule has 0 aromatic heterocycles. The normalized spacial score (nSPS) is 24.6. The first kappa shape index (κ1) is 18.4. The minimum atomic E-state index is -0.618. The summed E-state index contributed by atoms with van der Waals surface area (Å²) in [5.74, 6) is 4.96. The van der Waals surface area contributed by atoms with Gasteiger partial charge in [-0.15, -0.1) is 0 Å². The number of fused-ring (bicyclic) bond motifs is 1. The second-order valence-electron chi connectivity index (χ2n) is 8.71. The van der Waals surface area contributed by atoms with Crippen molar-refractivity contribution in [2.24, 2.45) is 11.3 Å². The molecular weight excluding hydrogens is 365 g/mol. The van der Waals surface area contributed by atoms with Crippen molar-refractivity contribution >= 4 is 5.97 Å². The molecule has 4 heteroatoms. The van der Waals surface area contributed by atoms with Crippen molar-refractivity contribution in [1.29, 1.82) is 0 Å². The van der Waals surface area contributed by atoms with Gasteiger partial charge in [0.25, 0.3) is 0 Å². The average Bonchev–Trinajstić information content (AvgIpc) is 3.33. The summed E-state index contributed by atoms with van der Waals surface area (Å²) in [5.41, 5.74) is 4.02. The molecule has 2 aromatic carbocycles. The van der Waals surface area contributed by atoms with E-state index in [-0.39, 0.29) is 17.2 Å². The first-order valence-electron chi connectivity index (χ1n) is 10.4. The highest BCUT2D eigenvalue weighted by atomic mass is 19.1. The first-order chi connectivity index (χ1) is 14.1. The summed E-state index contributed by atoms with van der Waals surface area (Å²) in [6.45, 7) is 1.76. The van der Waals surface area contributed by atoms with Crippen molar-refractivity contribution in [3.05, 3.63) is 70.5 Å². The second kappa shape index (κ2) is 7.00. The standard InChI is InChI=1S/C25H24FNO2/c26-22-4-2-1-3-18(22)7-5-17-6-9-20-19(15-17)8-10-23(20)27-14-11-21(24(28)29)25(16-27)12-13-25/h1-4,6,9,15,21,23H,8,10-14,16H2,(H,28,29). The lowest BCUT2D eigenvalue weighted by Crippen LogP contribution is -2.45. The van der Waals surface area contributed by atoms with Crippen LogP contribution >= 0.6 is 0 Å². The smallest absolute Gasteiger partial charge is 0.307 e. The summed E-state index contributed by atoms with van der Waals surface area (Å²) in [6, 6.07) is 13.3. The largest absolute Gasteiger partial charge is 0.481 e. The Morgan fingerprint density at radius 1 is 1.14 bits per heavy atom. The van der Waals surface area contributed by atoms with E-state index >= 15 is 0 Å². The zero-order chi connectivity index (χ0) is 20.0. The molecule has 1 aliphatic heterocycles. The van der Waals surface area contributed by atoms with Crippen LogP contribution < -0.4 is 0 Å². The molecule has 3 aliphatic rings. The average molecular weight is 389 g/mol. The second-order valence-corrected chi connectivity index (χ2v) is 8.71. The van der Waals surface area contributed by atoms with Crippen molar-refractivity contribution in [3.8, 4) is 11.8 Å². The van der Waals surface area contributed by atoms with Gasteiger partial charge in [-0.1, -0.05) is 30.0 Å². The fourth-order valence-corrected chi connectivity index (χ4v) is 5.27. The van der Waals surface area contributed by atoms with Crippen LogP contribution in [0.3, 0.4) is 0 Å². The summed E-state index contributed by atoms with van der Waals surface area (Å²) in [4.78, 5) is 14.1. The van der Waals surface area contributed by atoms with Crippen molar-refractivity contribution < 1.29 is 14.3 Å². The van der Waals surface area contributed by atoms with E-state index in [1.54, 1.807) is 18.2 Å². The predicted octanol–water partition coefficient (Wildman–Crippen LogP) is 4.40. The van der Waals surface area contributed by atoms with Crippen LogP contribution in [0.1, 0.15) is 54.0 Å². The maximum atomic E-state index is 13.8. The Morgan fingerprint density at radius 3 is 2.72 bits per heavy atom. The van der Waals surface area contributed by atoms with Gasteiger partial charge in [0.05, 0.1) is 11.5 Å². The number of carboxylic acid groups (broad SMARTS) is 1. The number of nitrogens with zero attached hydrogens (tertiary/aromatic N) is 1. The molecule has 2 unspecified atom stereocenters. The number of piperidine rings is 1. The Kier molecular flexibility index (Phi) is 4.44. The molecule has 1 saturated heterocycles. The summed E-state index contributed by atoms with van der Waals surface area (Å²) in [7, 11) is 0. The fraction of sp³-hybridized carbons (Fsp3) is 0.400. The SMILES string of the molecule is O=C(O)C1CCN(C2CCc3cc(C#Cc4ccccc4F)ccc32)CC12CC2. The highest BCUT2D eigenvalue weighted by Crippen LogP contribution is 2.57. The molecule has 5 rings (SSSR count). The van der Waals surface area contributed by atoms with E-state index in [2.05, 4.69) is 28.9 Å². The number of aliphatic carboxylic acids is 1. The number of hydrogen-bond acceptors (Lipinski definition) is 2. The molecule has 1 saturated carbocycles. The van der Waals surface area contributed by atoms with Crippen molar-refractivity contribution in [1.82, 2.24) is 4.90 Å². The molecule has 29 heavy (non-hydrogen) atoms. The summed E-state index contributed by atoms with van der Waals surface area (Å²) < 4.78 is 13.8. The van der Waals surface area contributed by atoms with Gasteiger partial charge in [0.2, 0.25) is 0 Å². The number of hydrogen-bond donors (Lipinski definition) is 1. The van der Waals surface area contributed by atoms with Gasteiger partial charge in [-0.3, -0.25) is 9.69 Å². The zero-order valence-electron chi connectivity index (χ0n) is 16.3. The Bertz CT molecular complexity index is 1030. The highest BCUT2D eigenvalue weighted by Gasteiger charge is 2.56. The number of likely N-dealkylation sites (tertiary alicyclic amines) is 1. The molecule has 2 aromatic rings. The Labute approximate surface area is 170 Å². The van der Waals surface area contributed by atoms with E-state index in [0.29, 0.717) is 11.6 Å². The van der Waals surface area contributed by atoms with Gasteiger partial charge in [-0.05, 0) is 79.5 Å². The van der Waals surface area contributed by atoms with Crippen molar-refractivity contribution in [2.75, 3.05) is 13.1 Å². The molecular formula is C25H24FNO2. The molecule has 0 radical (unpaired) electrons. The van der Waals surface area contributed by atoms with Crippen LogP contribution in [0.2, 0.25) is 0 Å². The summed E-state index contributed by atoms with van der Waals surface area (Å²) in [5, 5.41) is 9.55. The van der Waals surface area contributed by atoms with E-state index in [9.17, 15) is 14.3 Å². The van der Waals surface area contributed by atoms with Gasteiger partial charge in [0.1, 0.15) is 5.82 Å². The highest BCUT2D eigenvalue weighted by molar-refractivity contribution is 5.72. The molecule has 2 atom stereocenters. The monoisotopic (exact) mass is 389 g/mol. The quantitative estimate of drug-likeness (QED) is 0.774. The van der Waals surface area contributed by atoms with E-state index in [0.717, 1.165) is 50.8 Å². The molecule has 148 valence electrons. The molecule has 2 aliphatic carbocycles. The van der Waals surface area contributed by atoms with E-state index in [1.165, 1.54) is 17.2 Å². The van der Waals surface area contributed by atoms with Crippen LogP contribution in [0.5, 0.6) is 0 Å². The molecule has 3 nitrogen and oxygen atoms in total. The maximum absolute atomic E-state index is 13.8. The number of halogens is 1. The van der Waals surface area contributed by atoms with Gasteiger partial charge in [0, 0.05) is 18.2 Å². The van der Waals surface area contributed by atoms with Gasteiger partial charge in [0.15, 0.2) is 0 Å². The minimum absolute atomic E-state index is 0.0119. The van der Waals surface area contributed by atoms with E-state index < -0.39 is 5.97 Å². The van der Waals surface area contributed by atoms with Crippen LogP contribution in [0.4, 0.5) is 4.39 Å². The molecule has 2 fully saturated rings. The summed E-state index contributed by atoms with van der Waals surface area (Å²) in [6.07, 6.45) is 4.94. The molecule has 1 N–H and O–H groups in total. The lowest BCUT2D eigenvalue weighted by Gasteiger charge is -2.40. The van der Waals surface area contributed by atoms with Gasteiger partial charge >= 0.3 is 5.97 Å². The third kappa shape index (κ3) is 3.34. The topological polar surface area (TPSA) is 40.5 Å². The molecule has 0 bridgehead atoms. The van der Waals surface area contributed by atoms with Crippen molar-refractivity contribution in [2.45, 2.75) is 38.1 Å².